The van der Waals surface area contributed by atoms with Crippen molar-refractivity contribution in [1.82, 2.24) is 9.55 Å². The number of nitrogens with zero attached hydrogens (tertiary/aromatic N) is 3. The van der Waals surface area contributed by atoms with E-state index < -0.39 is 0 Å². The van der Waals surface area contributed by atoms with Crippen molar-refractivity contribution in [2.45, 2.75) is 6.92 Å². The van der Waals surface area contributed by atoms with Crippen LogP contribution < -0.4 is 4.57 Å². The molecular weight excluding hydrogens is 482 g/mol. The predicted molar refractivity (Wildman–Crippen MR) is 159 cm³/mol. The van der Waals surface area contributed by atoms with E-state index in [0.29, 0.717) is 0 Å². The van der Waals surface area contributed by atoms with Crippen LogP contribution in [0.25, 0.3) is 60.0 Å². The summed E-state index contributed by atoms with van der Waals surface area (Å²) >= 11 is 1.75. The van der Waals surface area contributed by atoms with Gasteiger partial charge in [0, 0.05) is 5.56 Å². The van der Waals surface area contributed by atoms with Crippen LogP contribution in [0.5, 0.6) is 0 Å². The van der Waals surface area contributed by atoms with Gasteiger partial charge in [-0.3, -0.25) is 0 Å². The number of hydrogen-bond donors (Lipinski definition) is 0. The molecule has 0 bridgehead atoms. The lowest BCUT2D eigenvalue weighted by atomic mass is 10.0. The molecule has 0 spiro atoms. The molecule has 0 fully saturated rings. The number of rotatable bonds is 4. The summed E-state index contributed by atoms with van der Waals surface area (Å²) in [5.74, 6) is 1.16. The van der Waals surface area contributed by atoms with Crippen molar-refractivity contribution in [2.75, 3.05) is 0 Å². The van der Waals surface area contributed by atoms with Crippen molar-refractivity contribution in [2.24, 2.45) is 7.05 Å². The minimum atomic E-state index is 1.05. The van der Waals surface area contributed by atoms with Crippen molar-refractivity contribution in [3.63, 3.8) is 0 Å². The summed E-state index contributed by atoms with van der Waals surface area (Å²) in [6.07, 6.45) is 0. The maximum atomic E-state index is 4.97. The number of imidazole rings is 1. The highest BCUT2D eigenvalue weighted by Gasteiger charge is 2.27. The van der Waals surface area contributed by atoms with E-state index in [1.165, 1.54) is 38.0 Å². The van der Waals surface area contributed by atoms with Crippen LogP contribution in [0.1, 0.15) is 5.56 Å². The van der Waals surface area contributed by atoms with E-state index in [9.17, 15) is 0 Å². The zero-order chi connectivity index (χ0) is 25.6. The lowest BCUT2D eigenvalue weighted by Gasteiger charge is -2.08. The molecule has 0 aliphatic carbocycles. The van der Waals surface area contributed by atoms with Crippen LogP contribution in [0.2, 0.25) is 0 Å². The number of aromatic nitrogens is 3. The van der Waals surface area contributed by atoms with E-state index >= 15 is 0 Å². The molecule has 182 valence electrons. The summed E-state index contributed by atoms with van der Waals surface area (Å²) in [6, 6.07) is 43.0. The van der Waals surface area contributed by atoms with Crippen molar-refractivity contribution in [3.8, 4) is 38.8 Å². The van der Waals surface area contributed by atoms with E-state index in [1.54, 1.807) is 11.3 Å². The Kier molecular flexibility index (Phi) is 5.41. The standard InChI is InChI=1S/C34H26N3S/c1-23-21-29-32(38-33(35-29)26-13-7-4-8-14-26)22-28(23)34-36(2)30-15-9-10-16-31(30)37(34)27-19-17-25(18-20-27)24-11-5-3-6-12-24/h3-22H,1-2H3/q+1. The molecule has 0 saturated carbocycles. The average Bonchev–Trinajstić information content (AvgIpc) is 3.52. The Morgan fingerprint density at radius 1 is 0.684 bits per heavy atom. The monoisotopic (exact) mass is 508 g/mol. The Hall–Kier alpha value is -4.54. The first-order chi connectivity index (χ1) is 18.7. The van der Waals surface area contributed by atoms with Gasteiger partial charge < -0.3 is 0 Å². The Labute approximate surface area is 225 Å². The van der Waals surface area contributed by atoms with E-state index in [-0.39, 0.29) is 0 Å². The van der Waals surface area contributed by atoms with Crippen LogP contribution in [0.15, 0.2) is 121 Å². The Morgan fingerprint density at radius 3 is 2.05 bits per heavy atom. The lowest BCUT2D eigenvalue weighted by Crippen LogP contribution is -2.30. The molecule has 2 aromatic heterocycles. The lowest BCUT2D eigenvalue weighted by molar-refractivity contribution is -0.633. The molecule has 0 aliphatic heterocycles. The average molecular weight is 509 g/mol. The molecule has 7 aromatic rings. The summed E-state index contributed by atoms with van der Waals surface area (Å²) in [7, 11) is 2.16. The molecular formula is C34H26N3S+. The highest BCUT2D eigenvalue weighted by atomic mass is 32.1. The van der Waals surface area contributed by atoms with Gasteiger partial charge in [-0.05, 0) is 60.0 Å². The van der Waals surface area contributed by atoms with Gasteiger partial charge in [0.25, 0.3) is 5.82 Å². The first-order valence-corrected chi connectivity index (χ1v) is 13.6. The van der Waals surface area contributed by atoms with Gasteiger partial charge in [-0.2, -0.15) is 4.57 Å². The van der Waals surface area contributed by atoms with Gasteiger partial charge in [0.2, 0.25) is 0 Å². The topological polar surface area (TPSA) is 21.7 Å². The van der Waals surface area contributed by atoms with Gasteiger partial charge >= 0.3 is 0 Å². The van der Waals surface area contributed by atoms with E-state index in [2.05, 4.69) is 138 Å². The molecule has 0 radical (unpaired) electrons. The quantitative estimate of drug-likeness (QED) is 0.219. The third kappa shape index (κ3) is 3.73. The molecule has 7 rings (SSSR count). The van der Waals surface area contributed by atoms with E-state index in [4.69, 9.17) is 4.98 Å². The number of fused-ring (bicyclic) bond motifs is 2. The summed E-state index contributed by atoms with van der Waals surface area (Å²) in [5, 5.41) is 1.05. The minimum Gasteiger partial charge on any atom is -0.236 e. The Balaban J connectivity index is 1.42. The predicted octanol–water partition coefficient (Wildman–Crippen LogP) is 8.37. The summed E-state index contributed by atoms with van der Waals surface area (Å²) < 4.78 is 5.89. The second kappa shape index (κ2) is 9.09. The number of thiazole rings is 1. The van der Waals surface area contributed by atoms with Gasteiger partial charge in [0.15, 0.2) is 11.0 Å². The first kappa shape index (κ1) is 22.6. The fourth-order valence-corrected chi connectivity index (χ4v) is 6.33. The maximum absolute atomic E-state index is 4.97. The molecule has 0 aliphatic rings. The molecule has 38 heavy (non-hydrogen) atoms. The van der Waals surface area contributed by atoms with Gasteiger partial charge in [0.1, 0.15) is 10.7 Å². The fourth-order valence-electron chi connectivity index (χ4n) is 5.33. The highest BCUT2D eigenvalue weighted by molar-refractivity contribution is 7.21. The molecule has 3 nitrogen and oxygen atoms in total. The van der Waals surface area contributed by atoms with E-state index in [1.807, 2.05) is 6.07 Å². The van der Waals surface area contributed by atoms with Crippen LogP contribution in [-0.2, 0) is 7.05 Å². The molecule has 0 saturated heterocycles. The van der Waals surface area contributed by atoms with Crippen LogP contribution in [-0.4, -0.2) is 9.55 Å². The number of hydrogen-bond acceptors (Lipinski definition) is 2. The minimum absolute atomic E-state index is 1.05. The molecule has 0 amide bonds. The second-order valence-corrected chi connectivity index (χ2v) is 10.7. The molecule has 0 N–H and O–H groups in total. The summed E-state index contributed by atoms with van der Waals surface area (Å²) in [6.45, 7) is 2.19. The number of para-hydroxylation sites is 2. The van der Waals surface area contributed by atoms with Crippen molar-refractivity contribution < 1.29 is 4.57 Å². The van der Waals surface area contributed by atoms with Crippen molar-refractivity contribution in [1.29, 1.82) is 0 Å². The fraction of sp³-hybridized carbons (Fsp3) is 0.0588. The van der Waals surface area contributed by atoms with Gasteiger partial charge in [-0.15, -0.1) is 11.3 Å². The first-order valence-electron chi connectivity index (χ1n) is 12.8. The number of aryl methyl sites for hydroxylation is 2. The third-order valence-corrected chi connectivity index (χ3v) is 8.31. The zero-order valence-electron chi connectivity index (χ0n) is 21.3. The normalized spacial score (nSPS) is 11.4. The molecule has 5 aromatic carbocycles. The molecule has 2 heterocycles. The number of benzene rings is 5. The van der Waals surface area contributed by atoms with Gasteiger partial charge in [0.05, 0.1) is 22.8 Å². The van der Waals surface area contributed by atoms with E-state index in [0.717, 1.165) is 27.6 Å². The summed E-state index contributed by atoms with van der Waals surface area (Å²) in [4.78, 5) is 4.97. The zero-order valence-corrected chi connectivity index (χ0v) is 22.1. The van der Waals surface area contributed by atoms with Crippen LogP contribution in [0.3, 0.4) is 0 Å². The Morgan fingerprint density at radius 2 is 1.32 bits per heavy atom. The van der Waals surface area contributed by atoms with Crippen molar-refractivity contribution >= 4 is 32.6 Å². The summed E-state index contributed by atoms with van der Waals surface area (Å²) in [5.41, 5.74) is 10.6. The SMILES string of the molecule is Cc1cc2nc(-c3ccccc3)sc2cc1-c1n(-c2ccc(-c3ccccc3)cc2)c2ccccc2[n+]1C. The van der Waals surface area contributed by atoms with Crippen LogP contribution >= 0.6 is 11.3 Å². The second-order valence-electron chi connectivity index (χ2n) is 9.64. The Bertz CT molecular complexity index is 1910. The maximum Gasteiger partial charge on any atom is 0.295 e. The molecule has 0 unspecified atom stereocenters. The molecule has 4 heteroatoms. The highest BCUT2D eigenvalue weighted by Crippen LogP contribution is 2.36. The largest absolute Gasteiger partial charge is 0.295 e. The van der Waals surface area contributed by atoms with Gasteiger partial charge in [-0.25, -0.2) is 9.55 Å². The smallest absolute Gasteiger partial charge is 0.236 e. The third-order valence-electron chi connectivity index (χ3n) is 7.24. The van der Waals surface area contributed by atoms with Crippen molar-refractivity contribution in [3.05, 3.63) is 127 Å². The van der Waals surface area contributed by atoms with Gasteiger partial charge in [-0.1, -0.05) is 84.9 Å². The van der Waals surface area contributed by atoms with Crippen LogP contribution in [0.4, 0.5) is 0 Å². The van der Waals surface area contributed by atoms with Crippen LogP contribution in [0, 0.1) is 6.92 Å². The molecule has 0 atom stereocenters.